The fourth-order valence-corrected chi connectivity index (χ4v) is 6.06. The number of thiophene rings is 2. The summed E-state index contributed by atoms with van der Waals surface area (Å²) in [4.78, 5) is 17.7. The number of carbonyl (C=O) groups is 1. The van der Waals surface area contributed by atoms with Gasteiger partial charge in [0.1, 0.15) is 0 Å². The zero-order valence-electron chi connectivity index (χ0n) is 14.8. The van der Waals surface area contributed by atoms with Gasteiger partial charge in [0, 0.05) is 28.1 Å². The summed E-state index contributed by atoms with van der Waals surface area (Å²) in [5.41, 5.74) is 2.51. The highest BCUT2D eigenvalue weighted by molar-refractivity contribution is 7.89. The van der Waals surface area contributed by atoms with Gasteiger partial charge in [0.2, 0.25) is 0 Å². The molecule has 27 heavy (non-hydrogen) atoms. The summed E-state index contributed by atoms with van der Waals surface area (Å²) >= 11 is 3.42. The van der Waals surface area contributed by atoms with E-state index in [1.807, 2.05) is 16.3 Å². The predicted molar refractivity (Wildman–Crippen MR) is 110 cm³/mol. The molecule has 7 heteroatoms. The van der Waals surface area contributed by atoms with Crippen LogP contribution in [0.15, 0.2) is 53.2 Å². The molecule has 0 saturated heterocycles. The third kappa shape index (κ3) is 3.85. The minimum atomic E-state index is -3.09. The lowest BCUT2D eigenvalue weighted by atomic mass is 9.97. The molecular weight excluding hydrogens is 398 g/mol. The van der Waals surface area contributed by atoms with Crippen molar-refractivity contribution >= 4 is 38.4 Å². The number of sulfone groups is 1. The first-order chi connectivity index (χ1) is 12.9. The van der Waals surface area contributed by atoms with E-state index in [4.69, 9.17) is 0 Å². The lowest BCUT2D eigenvalue weighted by Gasteiger charge is -2.35. The van der Waals surface area contributed by atoms with Crippen molar-refractivity contribution < 1.29 is 13.2 Å². The van der Waals surface area contributed by atoms with Crippen LogP contribution in [0.4, 0.5) is 0 Å². The van der Waals surface area contributed by atoms with Gasteiger partial charge in [0.05, 0.1) is 11.8 Å². The number of rotatable bonds is 4. The number of benzene rings is 1. The van der Waals surface area contributed by atoms with Gasteiger partial charge in [-0.3, -0.25) is 4.79 Å². The highest BCUT2D eigenvalue weighted by atomic mass is 32.2. The van der Waals surface area contributed by atoms with E-state index in [0.29, 0.717) is 17.7 Å². The normalized spacial score (nSPS) is 16.9. The molecule has 0 radical (unpaired) electrons. The summed E-state index contributed by atoms with van der Waals surface area (Å²) in [5.74, 6) is -0.0301. The number of nitrogens with zero attached hydrogens (tertiary/aromatic N) is 1. The van der Waals surface area contributed by atoms with Crippen molar-refractivity contribution in [1.29, 1.82) is 0 Å². The largest absolute Gasteiger partial charge is 0.326 e. The van der Waals surface area contributed by atoms with Crippen LogP contribution in [0.5, 0.6) is 0 Å². The fraction of sp³-hybridized carbons (Fsp3) is 0.250. The number of amides is 1. The van der Waals surface area contributed by atoms with E-state index in [2.05, 4.69) is 17.5 Å². The van der Waals surface area contributed by atoms with Gasteiger partial charge in [-0.2, -0.15) is 0 Å². The molecule has 1 aliphatic rings. The van der Waals surface area contributed by atoms with E-state index in [1.54, 1.807) is 46.9 Å². The fourth-order valence-electron chi connectivity index (χ4n) is 3.50. The molecular formula is C20H19NO3S3. The molecule has 1 aromatic carbocycles. The third-order valence-corrected chi connectivity index (χ3v) is 7.45. The molecule has 0 spiro atoms. The van der Waals surface area contributed by atoms with Gasteiger partial charge in [-0.1, -0.05) is 18.2 Å². The van der Waals surface area contributed by atoms with Crippen molar-refractivity contribution in [3.05, 3.63) is 79.7 Å². The van der Waals surface area contributed by atoms with Crippen molar-refractivity contribution in [2.24, 2.45) is 0 Å². The van der Waals surface area contributed by atoms with E-state index in [-0.39, 0.29) is 17.7 Å². The van der Waals surface area contributed by atoms with Crippen LogP contribution in [-0.4, -0.2) is 32.0 Å². The van der Waals surface area contributed by atoms with Crippen molar-refractivity contribution in [3.8, 4) is 0 Å². The maximum atomic E-state index is 13.2. The van der Waals surface area contributed by atoms with Crippen LogP contribution in [0.25, 0.3) is 0 Å². The molecule has 1 aliphatic heterocycles. The summed E-state index contributed by atoms with van der Waals surface area (Å²) in [5, 5.41) is 4.14. The van der Waals surface area contributed by atoms with E-state index in [0.717, 1.165) is 11.3 Å². The Kier molecular flexibility index (Phi) is 4.92. The standard InChI is InChI=1S/C20H19NO3S3/c1-27(23,24)13-14-4-6-15(7-5-14)20(22)21-10-8-17-16(9-12-26-17)19(21)18-3-2-11-25-18/h2-7,9,11-12,19H,8,10,13H2,1H3/t19-/m0/s1. The molecule has 4 nitrogen and oxygen atoms in total. The molecule has 0 N–H and O–H groups in total. The SMILES string of the molecule is CS(=O)(=O)Cc1ccc(C(=O)N2CCc3sccc3[C@H]2c2cccs2)cc1. The average molecular weight is 418 g/mol. The van der Waals surface area contributed by atoms with Crippen LogP contribution in [0.1, 0.15) is 37.3 Å². The van der Waals surface area contributed by atoms with Crippen molar-refractivity contribution in [1.82, 2.24) is 4.90 Å². The molecule has 0 saturated carbocycles. The van der Waals surface area contributed by atoms with Gasteiger partial charge in [0.25, 0.3) is 5.91 Å². The minimum absolute atomic E-state index is 0.0126. The maximum Gasteiger partial charge on any atom is 0.254 e. The quantitative estimate of drug-likeness (QED) is 0.641. The lowest BCUT2D eigenvalue weighted by Crippen LogP contribution is -2.39. The minimum Gasteiger partial charge on any atom is -0.326 e. The number of carbonyl (C=O) groups excluding carboxylic acids is 1. The number of hydrogen-bond acceptors (Lipinski definition) is 5. The summed E-state index contributed by atoms with van der Waals surface area (Å²) < 4.78 is 22.9. The summed E-state index contributed by atoms with van der Waals surface area (Å²) in [6, 6.07) is 13.1. The van der Waals surface area contributed by atoms with E-state index in [1.165, 1.54) is 16.7 Å². The average Bonchev–Trinajstić information content (AvgIpc) is 3.31. The Labute approximate surface area is 167 Å². The van der Waals surface area contributed by atoms with E-state index >= 15 is 0 Å². The molecule has 1 atom stereocenters. The Morgan fingerprint density at radius 3 is 2.56 bits per heavy atom. The molecule has 3 aromatic rings. The maximum absolute atomic E-state index is 13.2. The van der Waals surface area contributed by atoms with Crippen LogP contribution >= 0.6 is 22.7 Å². The molecule has 2 aromatic heterocycles. The zero-order valence-corrected chi connectivity index (χ0v) is 17.2. The molecule has 3 heterocycles. The second-order valence-corrected chi connectivity index (χ2v) is 10.9. The van der Waals surface area contributed by atoms with E-state index < -0.39 is 9.84 Å². The molecule has 4 rings (SSSR count). The molecule has 140 valence electrons. The Bertz CT molecular complexity index is 1050. The summed E-state index contributed by atoms with van der Waals surface area (Å²) in [6.45, 7) is 0.681. The van der Waals surface area contributed by atoms with Gasteiger partial charge in [-0.05, 0) is 52.6 Å². The summed E-state index contributed by atoms with van der Waals surface area (Å²) in [6.07, 6.45) is 2.08. The molecule has 0 aliphatic carbocycles. The van der Waals surface area contributed by atoms with Gasteiger partial charge in [-0.15, -0.1) is 22.7 Å². The van der Waals surface area contributed by atoms with Crippen LogP contribution in [-0.2, 0) is 22.0 Å². The smallest absolute Gasteiger partial charge is 0.254 e. The highest BCUT2D eigenvalue weighted by Gasteiger charge is 2.33. The Hall–Kier alpha value is -1.96. The molecule has 1 amide bonds. The van der Waals surface area contributed by atoms with Crippen LogP contribution in [0, 0.1) is 0 Å². The Morgan fingerprint density at radius 1 is 1.11 bits per heavy atom. The molecule has 0 unspecified atom stereocenters. The Morgan fingerprint density at radius 2 is 1.89 bits per heavy atom. The monoisotopic (exact) mass is 417 g/mol. The third-order valence-electron chi connectivity index (χ3n) is 4.67. The highest BCUT2D eigenvalue weighted by Crippen LogP contribution is 2.40. The van der Waals surface area contributed by atoms with Crippen LogP contribution in [0.3, 0.4) is 0 Å². The first-order valence-electron chi connectivity index (χ1n) is 8.60. The second-order valence-electron chi connectivity index (χ2n) is 6.73. The van der Waals surface area contributed by atoms with E-state index in [9.17, 15) is 13.2 Å². The lowest BCUT2D eigenvalue weighted by molar-refractivity contribution is 0.0699. The van der Waals surface area contributed by atoms with Crippen molar-refractivity contribution in [2.75, 3.05) is 12.8 Å². The second kappa shape index (κ2) is 7.22. The van der Waals surface area contributed by atoms with Crippen LogP contribution < -0.4 is 0 Å². The molecule has 0 bridgehead atoms. The topological polar surface area (TPSA) is 54.5 Å². The zero-order chi connectivity index (χ0) is 19.0. The number of fused-ring (bicyclic) bond motifs is 1. The molecule has 0 fully saturated rings. The van der Waals surface area contributed by atoms with Crippen molar-refractivity contribution in [3.63, 3.8) is 0 Å². The Balaban J connectivity index is 1.64. The van der Waals surface area contributed by atoms with Gasteiger partial charge in [-0.25, -0.2) is 8.42 Å². The first-order valence-corrected chi connectivity index (χ1v) is 12.4. The van der Waals surface area contributed by atoms with Crippen molar-refractivity contribution in [2.45, 2.75) is 18.2 Å². The van der Waals surface area contributed by atoms with Crippen LogP contribution in [0.2, 0.25) is 0 Å². The summed E-state index contributed by atoms with van der Waals surface area (Å²) in [7, 11) is -3.09. The number of hydrogen-bond donors (Lipinski definition) is 0. The van der Waals surface area contributed by atoms with Gasteiger partial charge < -0.3 is 4.90 Å². The predicted octanol–water partition coefficient (Wildman–Crippen LogP) is 4.14. The van der Waals surface area contributed by atoms with Gasteiger partial charge in [0.15, 0.2) is 9.84 Å². The first kappa shape index (κ1) is 18.4. The van der Waals surface area contributed by atoms with Gasteiger partial charge >= 0.3 is 0 Å².